The SMILES string of the molecule is C[C@H](CC#CCc1ccccc1)[C@H](O)C=CC1CCC(=O)N1CCCCCCC(=O)O. The Balaban J connectivity index is 1.73. The van der Waals surface area contributed by atoms with Crippen molar-refractivity contribution in [2.45, 2.75) is 76.9 Å². The Bertz CT molecular complexity index is 778. The van der Waals surface area contributed by atoms with Gasteiger partial charge in [0.25, 0.3) is 0 Å². The van der Waals surface area contributed by atoms with Crippen LogP contribution in [-0.4, -0.2) is 45.7 Å². The third-order valence-electron chi connectivity index (χ3n) is 5.71. The number of hydrogen-bond acceptors (Lipinski definition) is 3. The molecule has 1 saturated heterocycles. The Hall–Kier alpha value is -2.58. The second kappa shape index (κ2) is 13.7. The number of aliphatic carboxylic acids is 1. The molecule has 0 aliphatic carbocycles. The zero-order chi connectivity index (χ0) is 22.5. The van der Waals surface area contributed by atoms with Crippen LogP contribution in [0.4, 0.5) is 0 Å². The Morgan fingerprint density at radius 3 is 2.68 bits per heavy atom. The van der Waals surface area contributed by atoms with Gasteiger partial charge in [0, 0.05) is 32.2 Å². The molecule has 3 atom stereocenters. The van der Waals surface area contributed by atoms with Crippen molar-refractivity contribution in [1.82, 2.24) is 4.90 Å². The molecule has 1 aliphatic rings. The lowest BCUT2D eigenvalue weighted by atomic mass is 9.99. The highest BCUT2D eigenvalue weighted by Gasteiger charge is 2.28. The molecular formula is C26H35NO4. The highest BCUT2D eigenvalue weighted by molar-refractivity contribution is 5.79. The summed E-state index contributed by atoms with van der Waals surface area (Å²) in [4.78, 5) is 24.6. The molecule has 2 N–H and O–H groups in total. The van der Waals surface area contributed by atoms with E-state index in [0.29, 0.717) is 25.8 Å². The van der Waals surface area contributed by atoms with E-state index in [1.54, 1.807) is 0 Å². The van der Waals surface area contributed by atoms with Crippen LogP contribution in [0, 0.1) is 17.8 Å². The van der Waals surface area contributed by atoms with Gasteiger partial charge in [-0.2, -0.15) is 0 Å². The van der Waals surface area contributed by atoms with Crippen LogP contribution in [0.25, 0.3) is 0 Å². The minimum absolute atomic E-state index is 0.0271. The smallest absolute Gasteiger partial charge is 0.303 e. The van der Waals surface area contributed by atoms with Crippen molar-refractivity contribution in [2.75, 3.05) is 6.54 Å². The molecular weight excluding hydrogens is 390 g/mol. The largest absolute Gasteiger partial charge is 0.481 e. The zero-order valence-corrected chi connectivity index (χ0v) is 18.5. The van der Waals surface area contributed by atoms with Gasteiger partial charge in [-0.05, 0) is 30.7 Å². The maximum absolute atomic E-state index is 12.2. The number of carbonyl (C=O) groups is 2. The molecule has 0 saturated carbocycles. The number of nitrogens with zero attached hydrogens (tertiary/aromatic N) is 1. The van der Waals surface area contributed by atoms with Crippen LogP contribution in [0.1, 0.15) is 63.9 Å². The quantitative estimate of drug-likeness (QED) is 0.299. The zero-order valence-electron chi connectivity index (χ0n) is 18.5. The van der Waals surface area contributed by atoms with Crippen molar-refractivity contribution >= 4 is 11.9 Å². The lowest BCUT2D eigenvalue weighted by molar-refractivity contribution is -0.137. The first-order valence-corrected chi connectivity index (χ1v) is 11.3. The molecule has 168 valence electrons. The number of benzene rings is 1. The molecule has 5 nitrogen and oxygen atoms in total. The van der Waals surface area contributed by atoms with Crippen LogP contribution in [0.15, 0.2) is 42.5 Å². The number of aliphatic hydroxyl groups is 1. The second-order valence-corrected chi connectivity index (χ2v) is 8.32. The molecule has 1 aromatic rings. The average Bonchev–Trinajstić information content (AvgIpc) is 3.11. The van der Waals surface area contributed by atoms with E-state index in [0.717, 1.165) is 32.1 Å². The predicted octanol–water partition coefficient (Wildman–Crippen LogP) is 4.20. The summed E-state index contributed by atoms with van der Waals surface area (Å²) in [7, 11) is 0. The van der Waals surface area contributed by atoms with Gasteiger partial charge in [-0.3, -0.25) is 9.59 Å². The van der Waals surface area contributed by atoms with Crippen LogP contribution in [0.3, 0.4) is 0 Å². The number of rotatable bonds is 12. The lowest BCUT2D eigenvalue weighted by Crippen LogP contribution is -2.33. The molecule has 0 bridgehead atoms. The number of unbranched alkanes of at least 4 members (excludes halogenated alkanes) is 3. The highest BCUT2D eigenvalue weighted by Crippen LogP contribution is 2.22. The van der Waals surface area contributed by atoms with Crippen LogP contribution in [0.5, 0.6) is 0 Å². The Morgan fingerprint density at radius 2 is 1.94 bits per heavy atom. The minimum atomic E-state index is -0.755. The highest BCUT2D eigenvalue weighted by atomic mass is 16.4. The third kappa shape index (κ3) is 9.40. The lowest BCUT2D eigenvalue weighted by Gasteiger charge is -2.23. The molecule has 0 aromatic heterocycles. The molecule has 1 fully saturated rings. The predicted molar refractivity (Wildman–Crippen MR) is 122 cm³/mol. The fourth-order valence-electron chi connectivity index (χ4n) is 3.70. The molecule has 0 spiro atoms. The van der Waals surface area contributed by atoms with Gasteiger partial charge < -0.3 is 15.1 Å². The molecule has 2 rings (SSSR count). The maximum atomic E-state index is 12.2. The van der Waals surface area contributed by atoms with Gasteiger partial charge in [0.1, 0.15) is 0 Å². The first-order valence-electron chi connectivity index (χ1n) is 11.3. The van der Waals surface area contributed by atoms with Gasteiger partial charge in [-0.15, -0.1) is 5.92 Å². The first kappa shape index (κ1) is 24.7. The van der Waals surface area contributed by atoms with Crippen molar-refractivity contribution in [3.63, 3.8) is 0 Å². The molecule has 5 heteroatoms. The number of carboxylic acid groups (broad SMARTS) is 1. The normalized spacial score (nSPS) is 18.1. The number of carboxylic acids is 1. The summed E-state index contributed by atoms with van der Waals surface area (Å²) in [6.45, 7) is 2.68. The van der Waals surface area contributed by atoms with Gasteiger partial charge in [0.15, 0.2) is 0 Å². The Morgan fingerprint density at radius 1 is 1.19 bits per heavy atom. The summed E-state index contributed by atoms with van der Waals surface area (Å²) >= 11 is 0. The van der Waals surface area contributed by atoms with Crippen LogP contribution in [0.2, 0.25) is 0 Å². The molecule has 1 heterocycles. The summed E-state index contributed by atoms with van der Waals surface area (Å²) in [5.41, 5.74) is 1.19. The molecule has 0 radical (unpaired) electrons. The van der Waals surface area contributed by atoms with Gasteiger partial charge >= 0.3 is 5.97 Å². The van der Waals surface area contributed by atoms with Gasteiger partial charge in [-0.1, -0.05) is 68.2 Å². The monoisotopic (exact) mass is 425 g/mol. The minimum Gasteiger partial charge on any atom is -0.481 e. The summed E-state index contributed by atoms with van der Waals surface area (Å²) in [6.07, 6.45) is 9.44. The maximum Gasteiger partial charge on any atom is 0.303 e. The van der Waals surface area contributed by atoms with Crippen molar-refractivity contribution in [2.24, 2.45) is 5.92 Å². The van der Waals surface area contributed by atoms with E-state index in [1.165, 1.54) is 5.56 Å². The van der Waals surface area contributed by atoms with Crippen molar-refractivity contribution < 1.29 is 19.8 Å². The van der Waals surface area contributed by atoms with E-state index in [-0.39, 0.29) is 24.3 Å². The average molecular weight is 426 g/mol. The van der Waals surface area contributed by atoms with Crippen molar-refractivity contribution in [3.8, 4) is 11.8 Å². The van der Waals surface area contributed by atoms with E-state index in [4.69, 9.17) is 5.11 Å². The second-order valence-electron chi connectivity index (χ2n) is 8.32. The number of amides is 1. The van der Waals surface area contributed by atoms with Gasteiger partial charge in [0.05, 0.1) is 12.1 Å². The van der Waals surface area contributed by atoms with E-state index in [9.17, 15) is 14.7 Å². The Kier molecular flexibility index (Phi) is 10.9. The van der Waals surface area contributed by atoms with Crippen LogP contribution < -0.4 is 0 Å². The van der Waals surface area contributed by atoms with Crippen molar-refractivity contribution in [1.29, 1.82) is 0 Å². The van der Waals surface area contributed by atoms with E-state index < -0.39 is 12.1 Å². The van der Waals surface area contributed by atoms with Crippen LogP contribution >= 0.6 is 0 Å². The number of hydrogen-bond donors (Lipinski definition) is 2. The molecule has 1 unspecified atom stereocenters. The molecule has 1 aliphatic heterocycles. The van der Waals surface area contributed by atoms with E-state index in [2.05, 4.69) is 24.0 Å². The fraction of sp³-hybridized carbons (Fsp3) is 0.538. The first-order chi connectivity index (χ1) is 15.0. The standard InChI is InChI=1S/C26H35NO4/c1-21(11-8-9-14-22-12-5-4-6-13-22)24(28)18-16-23-17-19-25(29)27(23)20-10-3-2-7-15-26(30)31/h4-6,12-13,16,18,21,23-24,28H,2-3,7,10-11,14-15,17,19-20H2,1H3,(H,30,31)/t21-,23?,24-/m1/s1. The molecule has 1 amide bonds. The van der Waals surface area contributed by atoms with E-state index >= 15 is 0 Å². The van der Waals surface area contributed by atoms with E-state index in [1.807, 2.05) is 42.2 Å². The fourth-order valence-corrected chi connectivity index (χ4v) is 3.70. The molecule has 31 heavy (non-hydrogen) atoms. The summed E-state index contributed by atoms with van der Waals surface area (Å²) in [5, 5.41) is 19.1. The van der Waals surface area contributed by atoms with Gasteiger partial charge in [0.2, 0.25) is 5.91 Å². The van der Waals surface area contributed by atoms with Crippen LogP contribution in [-0.2, 0) is 16.0 Å². The topological polar surface area (TPSA) is 77.8 Å². The summed E-state index contributed by atoms with van der Waals surface area (Å²) in [5.74, 6) is 5.77. The number of aliphatic hydroxyl groups excluding tert-OH is 1. The third-order valence-corrected chi connectivity index (χ3v) is 5.71. The molecule has 1 aromatic carbocycles. The number of carbonyl (C=O) groups excluding carboxylic acids is 1. The summed E-state index contributed by atoms with van der Waals surface area (Å²) < 4.78 is 0. The summed E-state index contributed by atoms with van der Waals surface area (Å²) in [6, 6.07) is 10.1. The number of likely N-dealkylation sites (tertiary alicyclic amines) is 1. The van der Waals surface area contributed by atoms with Gasteiger partial charge in [-0.25, -0.2) is 0 Å². The Labute approximate surface area is 186 Å². The van der Waals surface area contributed by atoms with Crippen molar-refractivity contribution in [3.05, 3.63) is 48.0 Å².